The van der Waals surface area contributed by atoms with Crippen molar-refractivity contribution in [2.75, 3.05) is 14.2 Å². The number of ether oxygens (including phenoxy) is 2. The van der Waals surface area contributed by atoms with Crippen LogP contribution in [-0.4, -0.2) is 14.2 Å². The molecular formula is C16H21O2. The van der Waals surface area contributed by atoms with Crippen LogP contribution >= 0.6 is 0 Å². The van der Waals surface area contributed by atoms with Crippen LogP contribution in [0.5, 0.6) is 11.5 Å². The zero-order valence-corrected chi connectivity index (χ0v) is 11.5. The van der Waals surface area contributed by atoms with Crippen LogP contribution in [0.15, 0.2) is 12.1 Å². The molecule has 0 spiro atoms. The van der Waals surface area contributed by atoms with E-state index in [-0.39, 0.29) is 0 Å². The van der Waals surface area contributed by atoms with Crippen molar-refractivity contribution in [3.05, 3.63) is 29.3 Å². The van der Waals surface area contributed by atoms with Gasteiger partial charge in [0.05, 0.1) is 14.2 Å². The summed E-state index contributed by atoms with van der Waals surface area (Å²) in [7, 11) is 3.42. The Bertz CT molecular complexity index is 447. The molecule has 1 aromatic rings. The van der Waals surface area contributed by atoms with Gasteiger partial charge in [-0.15, -0.1) is 0 Å². The zero-order chi connectivity index (χ0) is 13.0. The maximum Gasteiger partial charge on any atom is 0.130 e. The normalized spacial score (nSPS) is 13.8. The molecule has 2 heteroatoms. The first-order valence-corrected chi connectivity index (χ1v) is 6.65. The van der Waals surface area contributed by atoms with Crippen LogP contribution in [-0.2, 0) is 6.42 Å². The molecule has 18 heavy (non-hydrogen) atoms. The van der Waals surface area contributed by atoms with E-state index in [0.29, 0.717) is 0 Å². The quantitative estimate of drug-likeness (QED) is 0.779. The molecule has 0 N–H and O–H groups in total. The Kier molecular flexibility index (Phi) is 4.29. The second-order valence-electron chi connectivity index (χ2n) is 4.62. The first kappa shape index (κ1) is 13.0. The Morgan fingerprint density at radius 1 is 1.22 bits per heavy atom. The SMILES string of the molecule is CCCCC1=[C]CCc2cc(OC)cc(OC)c21. The van der Waals surface area contributed by atoms with Gasteiger partial charge in [0.15, 0.2) is 0 Å². The van der Waals surface area contributed by atoms with Crippen molar-refractivity contribution in [3.8, 4) is 11.5 Å². The van der Waals surface area contributed by atoms with Crippen molar-refractivity contribution in [3.63, 3.8) is 0 Å². The third kappa shape index (κ3) is 2.53. The standard InChI is InChI=1S/C16H21O2/c1-4-5-7-12-8-6-9-13-10-14(17-2)11-15(18-3)16(12)13/h10-11H,4-7,9H2,1-3H3. The fourth-order valence-corrected chi connectivity index (χ4v) is 2.47. The molecule has 0 atom stereocenters. The lowest BCUT2D eigenvalue weighted by Crippen LogP contribution is -2.04. The minimum atomic E-state index is 0.877. The maximum atomic E-state index is 5.52. The Balaban J connectivity index is 2.41. The second kappa shape index (κ2) is 5.94. The zero-order valence-electron chi connectivity index (χ0n) is 11.5. The van der Waals surface area contributed by atoms with Crippen LogP contribution in [0.2, 0.25) is 0 Å². The van der Waals surface area contributed by atoms with E-state index in [9.17, 15) is 0 Å². The van der Waals surface area contributed by atoms with Gasteiger partial charge in [0.25, 0.3) is 0 Å². The fraction of sp³-hybridized carbons (Fsp3) is 0.500. The average Bonchev–Trinajstić information content (AvgIpc) is 2.43. The van der Waals surface area contributed by atoms with Gasteiger partial charge in [-0.1, -0.05) is 13.3 Å². The van der Waals surface area contributed by atoms with E-state index in [0.717, 1.165) is 30.8 Å². The highest BCUT2D eigenvalue weighted by atomic mass is 16.5. The molecule has 0 amide bonds. The number of hydrogen-bond acceptors (Lipinski definition) is 2. The summed E-state index contributed by atoms with van der Waals surface area (Å²) < 4.78 is 10.9. The van der Waals surface area contributed by atoms with Crippen LogP contribution < -0.4 is 9.47 Å². The summed E-state index contributed by atoms with van der Waals surface area (Å²) in [5.41, 5.74) is 3.90. The van der Waals surface area contributed by atoms with Crippen molar-refractivity contribution >= 4 is 5.57 Å². The number of methoxy groups -OCH3 is 2. The molecule has 2 rings (SSSR count). The number of unbranched alkanes of at least 4 members (excludes halogenated alkanes) is 1. The summed E-state index contributed by atoms with van der Waals surface area (Å²) in [6, 6.07) is 4.10. The summed E-state index contributed by atoms with van der Waals surface area (Å²) in [4.78, 5) is 0. The lowest BCUT2D eigenvalue weighted by Gasteiger charge is -2.21. The van der Waals surface area contributed by atoms with E-state index in [4.69, 9.17) is 9.47 Å². The third-order valence-electron chi connectivity index (χ3n) is 3.43. The highest BCUT2D eigenvalue weighted by molar-refractivity contribution is 5.74. The first-order chi connectivity index (χ1) is 8.80. The number of hydrogen-bond donors (Lipinski definition) is 0. The van der Waals surface area contributed by atoms with Crippen LogP contribution in [0.25, 0.3) is 5.57 Å². The lowest BCUT2D eigenvalue weighted by atomic mass is 9.87. The summed E-state index contributed by atoms with van der Waals surface area (Å²) >= 11 is 0. The Hall–Kier alpha value is -1.44. The number of benzene rings is 1. The minimum absolute atomic E-state index is 0.877. The molecule has 0 aliphatic heterocycles. The molecule has 0 heterocycles. The lowest BCUT2D eigenvalue weighted by molar-refractivity contribution is 0.392. The second-order valence-corrected chi connectivity index (χ2v) is 4.62. The predicted molar refractivity (Wildman–Crippen MR) is 74.0 cm³/mol. The van der Waals surface area contributed by atoms with E-state index in [1.807, 2.05) is 6.07 Å². The van der Waals surface area contributed by atoms with Crippen molar-refractivity contribution in [1.82, 2.24) is 0 Å². The summed E-state index contributed by atoms with van der Waals surface area (Å²) in [6.45, 7) is 2.22. The Labute approximate surface area is 110 Å². The smallest absolute Gasteiger partial charge is 0.130 e. The largest absolute Gasteiger partial charge is 0.497 e. The van der Waals surface area contributed by atoms with Crippen molar-refractivity contribution < 1.29 is 9.47 Å². The van der Waals surface area contributed by atoms with Crippen LogP contribution in [0.3, 0.4) is 0 Å². The Morgan fingerprint density at radius 2 is 2.06 bits per heavy atom. The van der Waals surface area contributed by atoms with E-state index in [1.165, 1.54) is 29.5 Å². The maximum absolute atomic E-state index is 5.52. The number of allylic oxidation sites excluding steroid dienone is 2. The number of rotatable bonds is 5. The summed E-state index contributed by atoms with van der Waals surface area (Å²) in [6.07, 6.45) is 9.05. The van der Waals surface area contributed by atoms with E-state index < -0.39 is 0 Å². The molecule has 0 saturated heterocycles. The summed E-state index contributed by atoms with van der Waals surface area (Å²) in [5.74, 6) is 1.80. The predicted octanol–water partition coefficient (Wildman–Crippen LogP) is 4.03. The third-order valence-corrected chi connectivity index (χ3v) is 3.43. The van der Waals surface area contributed by atoms with Gasteiger partial charge in [0.2, 0.25) is 0 Å². The first-order valence-electron chi connectivity index (χ1n) is 6.65. The average molecular weight is 245 g/mol. The molecule has 0 aromatic heterocycles. The molecule has 1 aliphatic rings. The van der Waals surface area contributed by atoms with Crippen LogP contribution in [0.4, 0.5) is 0 Å². The molecule has 0 bridgehead atoms. The molecule has 0 fully saturated rings. The van der Waals surface area contributed by atoms with Gasteiger partial charge in [-0.25, -0.2) is 0 Å². The minimum Gasteiger partial charge on any atom is -0.497 e. The van der Waals surface area contributed by atoms with Crippen molar-refractivity contribution in [2.45, 2.75) is 39.0 Å². The van der Waals surface area contributed by atoms with Gasteiger partial charge in [-0.05, 0) is 49.0 Å². The topological polar surface area (TPSA) is 18.5 Å². The van der Waals surface area contributed by atoms with Gasteiger partial charge in [0.1, 0.15) is 11.5 Å². The van der Waals surface area contributed by atoms with Gasteiger partial charge in [-0.3, -0.25) is 0 Å². The Morgan fingerprint density at radius 3 is 2.72 bits per heavy atom. The molecule has 97 valence electrons. The number of fused-ring (bicyclic) bond motifs is 1. The molecule has 0 unspecified atom stereocenters. The van der Waals surface area contributed by atoms with Crippen molar-refractivity contribution in [2.24, 2.45) is 0 Å². The number of aryl methyl sites for hydroxylation is 1. The molecule has 2 nitrogen and oxygen atoms in total. The summed E-state index contributed by atoms with van der Waals surface area (Å²) in [5, 5.41) is 0. The van der Waals surface area contributed by atoms with E-state index in [1.54, 1.807) is 14.2 Å². The molecule has 1 aromatic carbocycles. The molecular weight excluding hydrogens is 224 g/mol. The van der Waals surface area contributed by atoms with Crippen LogP contribution in [0, 0.1) is 6.08 Å². The van der Waals surface area contributed by atoms with Crippen molar-refractivity contribution in [1.29, 1.82) is 0 Å². The van der Waals surface area contributed by atoms with E-state index >= 15 is 0 Å². The monoisotopic (exact) mass is 245 g/mol. The molecule has 1 aliphatic carbocycles. The fourth-order valence-electron chi connectivity index (χ4n) is 2.47. The molecule has 1 radical (unpaired) electrons. The van der Waals surface area contributed by atoms with Crippen LogP contribution in [0.1, 0.15) is 43.7 Å². The van der Waals surface area contributed by atoms with Gasteiger partial charge >= 0.3 is 0 Å². The van der Waals surface area contributed by atoms with Gasteiger partial charge in [0, 0.05) is 11.6 Å². The highest BCUT2D eigenvalue weighted by Gasteiger charge is 2.18. The highest BCUT2D eigenvalue weighted by Crippen LogP contribution is 2.39. The van der Waals surface area contributed by atoms with Gasteiger partial charge in [-0.2, -0.15) is 0 Å². The van der Waals surface area contributed by atoms with Gasteiger partial charge < -0.3 is 9.47 Å². The molecule has 0 saturated carbocycles. The van der Waals surface area contributed by atoms with E-state index in [2.05, 4.69) is 19.1 Å².